The molecule has 0 radical (unpaired) electrons. The Morgan fingerprint density at radius 3 is 2.11 bits per heavy atom. The highest BCUT2D eigenvalue weighted by molar-refractivity contribution is 7.90. The maximum absolute atomic E-state index is 12.3. The molecule has 1 amide bonds. The second kappa shape index (κ2) is 8.65. The molecule has 1 aliphatic heterocycles. The van der Waals surface area contributed by atoms with Crippen molar-refractivity contribution in [1.82, 2.24) is 9.80 Å². The van der Waals surface area contributed by atoms with E-state index in [2.05, 4.69) is 39.4 Å². The quantitative estimate of drug-likeness (QED) is 0.819. The van der Waals surface area contributed by atoms with Crippen molar-refractivity contribution in [3.8, 4) is 0 Å². The zero-order valence-corrected chi connectivity index (χ0v) is 16.3. The van der Waals surface area contributed by atoms with Crippen LogP contribution >= 0.6 is 0 Å². The molecule has 27 heavy (non-hydrogen) atoms. The number of carbonyl (C=O) groups excluding carboxylic acids is 1. The summed E-state index contributed by atoms with van der Waals surface area (Å²) in [6, 6.07) is 16.6. The van der Waals surface area contributed by atoms with Gasteiger partial charge in [0, 0.05) is 44.7 Å². The minimum absolute atomic E-state index is 0.0846. The lowest BCUT2D eigenvalue weighted by atomic mass is 10.2. The third kappa shape index (κ3) is 5.89. The first-order valence-electron chi connectivity index (χ1n) is 8.99. The number of rotatable bonds is 6. The van der Waals surface area contributed by atoms with Crippen LogP contribution in [0, 0.1) is 0 Å². The molecule has 144 valence electrons. The summed E-state index contributed by atoms with van der Waals surface area (Å²) in [5, 5.41) is 2.83. The van der Waals surface area contributed by atoms with Crippen molar-refractivity contribution in [2.45, 2.75) is 11.4 Å². The summed E-state index contributed by atoms with van der Waals surface area (Å²) in [6.45, 7) is 4.86. The average molecular weight is 388 g/mol. The molecule has 0 bridgehead atoms. The summed E-state index contributed by atoms with van der Waals surface area (Å²) >= 11 is 0. The number of carbonyl (C=O) groups is 1. The zero-order valence-electron chi connectivity index (χ0n) is 15.5. The van der Waals surface area contributed by atoms with Gasteiger partial charge in [-0.25, -0.2) is 8.42 Å². The highest BCUT2D eigenvalue weighted by Crippen LogP contribution is 2.14. The molecular weight excluding hydrogens is 362 g/mol. The number of anilines is 1. The fraction of sp³-hybridized carbons (Fsp3) is 0.350. The first-order valence-corrected chi connectivity index (χ1v) is 10.9. The third-order valence-corrected chi connectivity index (χ3v) is 5.78. The van der Waals surface area contributed by atoms with Crippen molar-refractivity contribution in [3.05, 3.63) is 60.2 Å². The Morgan fingerprint density at radius 2 is 1.52 bits per heavy atom. The number of nitrogens with one attached hydrogen (secondary N) is 1. The number of sulfone groups is 1. The Bertz CT molecular complexity index is 859. The molecule has 0 unspecified atom stereocenters. The van der Waals surface area contributed by atoms with Crippen LogP contribution in [-0.4, -0.2) is 63.1 Å². The molecule has 6 nitrogen and oxygen atoms in total. The molecule has 1 N–H and O–H groups in total. The van der Waals surface area contributed by atoms with Crippen molar-refractivity contribution in [3.63, 3.8) is 0 Å². The van der Waals surface area contributed by atoms with Gasteiger partial charge in [0.15, 0.2) is 9.84 Å². The monoisotopic (exact) mass is 387 g/mol. The largest absolute Gasteiger partial charge is 0.325 e. The van der Waals surface area contributed by atoms with Crippen molar-refractivity contribution >= 4 is 21.4 Å². The first kappa shape index (κ1) is 19.5. The summed E-state index contributed by atoms with van der Waals surface area (Å²) in [5.41, 5.74) is 1.91. The van der Waals surface area contributed by atoms with Crippen LogP contribution < -0.4 is 5.32 Å². The van der Waals surface area contributed by atoms with Gasteiger partial charge in [0.05, 0.1) is 11.4 Å². The molecule has 7 heteroatoms. The number of hydrogen-bond donors (Lipinski definition) is 1. The van der Waals surface area contributed by atoms with Crippen molar-refractivity contribution in [2.75, 3.05) is 44.3 Å². The van der Waals surface area contributed by atoms with Gasteiger partial charge in [-0.2, -0.15) is 0 Å². The van der Waals surface area contributed by atoms with E-state index in [9.17, 15) is 13.2 Å². The van der Waals surface area contributed by atoms with Gasteiger partial charge < -0.3 is 5.32 Å². The molecule has 0 saturated carbocycles. The normalized spacial score (nSPS) is 16.2. The Hall–Kier alpha value is -2.22. The summed E-state index contributed by atoms with van der Waals surface area (Å²) in [5.74, 6) is -0.0846. The lowest BCUT2D eigenvalue weighted by molar-refractivity contribution is -0.117. The molecule has 3 rings (SSSR count). The molecule has 2 aromatic carbocycles. The van der Waals surface area contributed by atoms with Gasteiger partial charge in [0.1, 0.15) is 0 Å². The predicted molar refractivity (Wildman–Crippen MR) is 106 cm³/mol. The fourth-order valence-corrected chi connectivity index (χ4v) is 3.77. The Morgan fingerprint density at radius 1 is 0.926 bits per heavy atom. The van der Waals surface area contributed by atoms with E-state index < -0.39 is 9.84 Å². The van der Waals surface area contributed by atoms with E-state index in [1.54, 1.807) is 12.1 Å². The van der Waals surface area contributed by atoms with Gasteiger partial charge >= 0.3 is 0 Å². The van der Waals surface area contributed by atoms with Crippen molar-refractivity contribution < 1.29 is 13.2 Å². The van der Waals surface area contributed by atoms with Gasteiger partial charge in [0.2, 0.25) is 5.91 Å². The van der Waals surface area contributed by atoms with Gasteiger partial charge in [0.25, 0.3) is 0 Å². The van der Waals surface area contributed by atoms with E-state index in [1.807, 2.05) is 6.07 Å². The van der Waals surface area contributed by atoms with Crippen LogP contribution in [0.15, 0.2) is 59.5 Å². The van der Waals surface area contributed by atoms with Crippen LogP contribution in [0.3, 0.4) is 0 Å². The molecule has 1 fully saturated rings. The van der Waals surface area contributed by atoms with Crippen LogP contribution in [0.2, 0.25) is 0 Å². The first-order chi connectivity index (χ1) is 12.9. The van der Waals surface area contributed by atoms with Crippen LogP contribution in [-0.2, 0) is 21.2 Å². The topological polar surface area (TPSA) is 69.7 Å². The highest BCUT2D eigenvalue weighted by atomic mass is 32.2. The van der Waals surface area contributed by atoms with Gasteiger partial charge in [-0.05, 0) is 29.8 Å². The van der Waals surface area contributed by atoms with Crippen molar-refractivity contribution in [2.24, 2.45) is 0 Å². The maximum atomic E-state index is 12.3. The molecule has 1 aliphatic rings. The zero-order chi connectivity index (χ0) is 19.3. The van der Waals surface area contributed by atoms with Crippen LogP contribution in [0.5, 0.6) is 0 Å². The smallest absolute Gasteiger partial charge is 0.238 e. The number of hydrogen-bond acceptors (Lipinski definition) is 5. The highest BCUT2D eigenvalue weighted by Gasteiger charge is 2.19. The van der Waals surface area contributed by atoms with Crippen LogP contribution in [0.1, 0.15) is 5.56 Å². The molecule has 1 heterocycles. The average Bonchev–Trinajstić information content (AvgIpc) is 2.64. The van der Waals surface area contributed by atoms with E-state index in [0.717, 1.165) is 39.0 Å². The van der Waals surface area contributed by atoms with Gasteiger partial charge in [-0.1, -0.05) is 30.3 Å². The van der Waals surface area contributed by atoms with E-state index >= 15 is 0 Å². The summed E-state index contributed by atoms with van der Waals surface area (Å²) in [6.07, 6.45) is 1.16. The Kier molecular flexibility index (Phi) is 6.26. The lowest BCUT2D eigenvalue weighted by Crippen LogP contribution is -2.48. The Labute approximate surface area is 160 Å². The molecule has 0 atom stereocenters. The Balaban J connectivity index is 1.44. The lowest BCUT2D eigenvalue weighted by Gasteiger charge is -2.34. The summed E-state index contributed by atoms with van der Waals surface area (Å²) in [7, 11) is -3.22. The van der Waals surface area contributed by atoms with Crippen LogP contribution in [0.25, 0.3) is 0 Å². The molecule has 1 saturated heterocycles. The predicted octanol–water partition coefficient (Wildman–Crippen LogP) is 1.85. The van der Waals surface area contributed by atoms with Crippen molar-refractivity contribution in [1.29, 1.82) is 0 Å². The van der Waals surface area contributed by atoms with Gasteiger partial charge in [-0.3, -0.25) is 14.6 Å². The molecule has 2 aromatic rings. The standard InChI is InChI=1S/C20H25N3O3S/c1-27(25,26)19-9-7-18(8-10-19)21-20(24)16-23-13-11-22(12-14-23)15-17-5-3-2-4-6-17/h2-10H,11-16H2,1H3,(H,21,24). The number of nitrogens with zero attached hydrogens (tertiary/aromatic N) is 2. The molecule has 0 spiro atoms. The number of piperazine rings is 1. The SMILES string of the molecule is CS(=O)(=O)c1ccc(NC(=O)CN2CCN(Cc3ccccc3)CC2)cc1. The van der Waals surface area contributed by atoms with E-state index in [0.29, 0.717) is 12.2 Å². The fourth-order valence-electron chi connectivity index (χ4n) is 3.14. The molecular formula is C20H25N3O3S. The third-order valence-electron chi connectivity index (χ3n) is 4.65. The second-order valence-corrected chi connectivity index (χ2v) is 8.90. The van der Waals surface area contributed by atoms with E-state index in [4.69, 9.17) is 0 Å². The summed E-state index contributed by atoms with van der Waals surface area (Å²) < 4.78 is 22.9. The number of benzene rings is 2. The minimum Gasteiger partial charge on any atom is -0.325 e. The maximum Gasteiger partial charge on any atom is 0.238 e. The van der Waals surface area contributed by atoms with Crippen LogP contribution in [0.4, 0.5) is 5.69 Å². The van der Waals surface area contributed by atoms with Gasteiger partial charge in [-0.15, -0.1) is 0 Å². The van der Waals surface area contributed by atoms with E-state index in [-0.39, 0.29) is 10.8 Å². The second-order valence-electron chi connectivity index (χ2n) is 6.88. The van der Waals surface area contributed by atoms with E-state index in [1.165, 1.54) is 17.7 Å². The minimum atomic E-state index is -3.22. The molecule has 0 aliphatic carbocycles. The number of amides is 1. The molecule has 0 aromatic heterocycles. The summed E-state index contributed by atoms with van der Waals surface area (Å²) in [4.78, 5) is 17.0.